The maximum Gasteiger partial charge on any atom is 0.126 e. The summed E-state index contributed by atoms with van der Waals surface area (Å²) in [7, 11) is 1.88. The van der Waals surface area contributed by atoms with Crippen molar-refractivity contribution in [2.75, 3.05) is 7.05 Å². The maximum absolute atomic E-state index is 5.47. The van der Waals surface area contributed by atoms with Crippen molar-refractivity contribution in [1.82, 2.24) is 20.3 Å². The Kier molecular flexibility index (Phi) is 3.12. The molecule has 0 saturated carbocycles. The lowest BCUT2D eigenvalue weighted by Gasteiger charge is -2.14. The Balaban J connectivity index is 2.04. The second-order valence-electron chi connectivity index (χ2n) is 4.14. The molecule has 0 aliphatic rings. The number of hydrogen-bond donors (Lipinski definition) is 1. The predicted octanol–water partition coefficient (Wildman–Crippen LogP) is 2.17. The van der Waals surface area contributed by atoms with Crippen molar-refractivity contribution in [3.63, 3.8) is 0 Å². The van der Waals surface area contributed by atoms with Gasteiger partial charge in [0.15, 0.2) is 0 Å². The molecule has 0 aliphatic carbocycles. The van der Waals surface area contributed by atoms with Crippen LogP contribution in [0.3, 0.4) is 0 Å². The molecule has 0 bridgehead atoms. The van der Waals surface area contributed by atoms with Crippen LogP contribution < -0.4 is 5.32 Å². The summed E-state index contributed by atoms with van der Waals surface area (Å²) in [5.74, 6) is 0.835. The minimum absolute atomic E-state index is 0.0785. The first kappa shape index (κ1) is 11.7. The first-order valence-corrected chi connectivity index (χ1v) is 6.07. The van der Waals surface area contributed by atoms with Crippen molar-refractivity contribution in [2.45, 2.75) is 6.04 Å². The van der Waals surface area contributed by atoms with E-state index in [1.54, 1.807) is 12.5 Å². The standard InChI is InChI=1S/C14H14N4O/c1-15-14(13-8-5-9-19-13)12-10-16-17-18(12)11-6-3-2-4-7-11/h2-10,14-15H,1H3. The fourth-order valence-electron chi connectivity index (χ4n) is 2.10. The minimum atomic E-state index is -0.0785. The number of hydrogen-bond acceptors (Lipinski definition) is 4. The molecule has 0 fully saturated rings. The van der Waals surface area contributed by atoms with Gasteiger partial charge in [-0.3, -0.25) is 0 Å². The van der Waals surface area contributed by atoms with E-state index >= 15 is 0 Å². The van der Waals surface area contributed by atoms with Gasteiger partial charge in [-0.15, -0.1) is 5.10 Å². The van der Waals surface area contributed by atoms with Gasteiger partial charge in [0.25, 0.3) is 0 Å². The highest BCUT2D eigenvalue weighted by Crippen LogP contribution is 2.23. The highest BCUT2D eigenvalue weighted by Gasteiger charge is 2.20. The predicted molar refractivity (Wildman–Crippen MR) is 71.0 cm³/mol. The van der Waals surface area contributed by atoms with Crippen LogP contribution in [-0.2, 0) is 0 Å². The summed E-state index contributed by atoms with van der Waals surface area (Å²) in [6.45, 7) is 0. The normalized spacial score (nSPS) is 12.5. The van der Waals surface area contributed by atoms with Gasteiger partial charge >= 0.3 is 0 Å². The summed E-state index contributed by atoms with van der Waals surface area (Å²) in [6, 6.07) is 13.6. The molecule has 1 aromatic carbocycles. The molecule has 0 aliphatic heterocycles. The van der Waals surface area contributed by atoms with Crippen LogP contribution in [0.25, 0.3) is 5.69 Å². The number of benzene rings is 1. The van der Waals surface area contributed by atoms with Crippen LogP contribution in [-0.4, -0.2) is 22.0 Å². The van der Waals surface area contributed by atoms with E-state index in [1.807, 2.05) is 54.2 Å². The average molecular weight is 254 g/mol. The zero-order chi connectivity index (χ0) is 13.1. The van der Waals surface area contributed by atoms with Crippen molar-refractivity contribution in [1.29, 1.82) is 0 Å². The summed E-state index contributed by atoms with van der Waals surface area (Å²) in [6.07, 6.45) is 3.41. The molecule has 2 aromatic heterocycles. The zero-order valence-corrected chi connectivity index (χ0v) is 10.5. The van der Waals surface area contributed by atoms with Crippen molar-refractivity contribution >= 4 is 0 Å². The Morgan fingerprint density at radius 1 is 1.16 bits per heavy atom. The molecule has 5 nitrogen and oxygen atoms in total. The van der Waals surface area contributed by atoms with E-state index in [2.05, 4.69) is 15.6 Å². The second kappa shape index (κ2) is 5.07. The monoisotopic (exact) mass is 254 g/mol. The highest BCUT2D eigenvalue weighted by atomic mass is 16.3. The zero-order valence-electron chi connectivity index (χ0n) is 10.5. The summed E-state index contributed by atoms with van der Waals surface area (Å²) >= 11 is 0. The Morgan fingerprint density at radius 2 is 2.00 bits per heavy atom. The van der Waals surface area contributed by atoms with Crippen LogP contribution >= 0.6 is 0 Å². The minimum Gasteiger partial charge on any atom is -0.467 e. The second-order valence-corrected chi connectivity index (χ2v) is 4.14. The number of para-hydroxylation sites is 1. The van der Waals surface area contributed by atoms with E-state index in [-0.39, 0.29) is 6.04 Å². The van der Waals surface area contributed by atoms with Crippen LogP contribution in [0.4, 0.5) is 0 Å². The van der Waals surface area contributed by atoms with E-state index in [0.717, 1.165) is 17.1 Å². The molecule has 1 unspecified atom stereocenters. The van der Waals surface area contributed by atoms with Crippen molar-refractivity contribution in [3.05, 3.63) is 66.4 Å². The van der Waals surface area contributed by atoms with Gasteiger partial charge < -0.3 is 9.73 Å². The molecule has 0 radical (unpaired) electrons. The summed E-state index contributed by atoms with van der Waals surface area (Å²) in [5, 5.41) is 11.4. The van der Waals surface area contributed by atoms with Crippen LogP contribution in [0, 0.1) is 0 Å². The number of aromatic nitrogens is 3. The smallest absolute Gasteiger partial charge is 0.126 e. The summed E-state index contributed by atoms with van der Waals surface area (Å²) < 4.78 is 7.28. The van der Waals surface area contributed by atoms with E-state index in [4.69, 9.17) is 4.42 Å². The van der Waals surface area contributed by atoms with Gasteiger partial charge in [-0.05, 0) is 31.3 Å². The lowest BCUT2D eigenvalue weighted by molar-refractivity contribution is 0.454. The number of furan rings is 1. The molecule has 0 saturated heterocycles. The molecule has 3 aromatic rings. The first-order chi connectivity index (χ1) is 9.40. The molecule has 1 atom stereocenters. The van der Waals surface area contributed by atoms with Gasteiger partial charge in [0, 0.05) is 0 Å². The molecule has 19 heavy (non-hydrogen) atoms. The fraction of sp³-hybridized carbons (Fsp3) is 0.143. The quantitative estimate of drug-likeness (QED) is 0.775. The van der Waals surface area contributed by atoms with Gasteiger partial charge in [-0.25, -0.2) is 4.68 Å². The number of nitrogens with one attached hydrogen (secondary N) is 1. The highest BCUT2D eigenvalue weighted by molar-refractivity contribution is 5.33. The maximum atomic E-state index is 5.47. The Morgan fingerprint density at radius 3 is 2.68 bits per heavy atom. The SMILES string of the molecule is CNC(c1ccco1)c1cnnn1-c1ccccc1. The molecular formula is C14H14N4O. The summed E-state index contributed by atoms with van der Waals surface area (Å²) in [5.41, 5.74) is 1.91. The Labute approximate surface area is 110 Å². The molecule has 0 spiro atoms. The lowest BCUT2D eigenvalue weighted by atomic mass is 10.1. The molecule has 3 rings (SSSR count). The van der Waals surface area contributed by atoms with Crippen LogP contribution in [0.2, 0.25) is 0 Å². The van der Waals surface area contributed by atoms with Gasteiger partial charge in [0.1, 0.15) is 11.8 Å². The molecular weight excluding hydrogens is 240 g/mol. The topological polar surface area (TPSA) is 55.9 Å². The molecule has 1 N–H and O–H groups in total. The third-order valence-corrected chi connectivity index (χ3v) is 2.99. The van der Waals surface area contributed by atoms with E-state index in [0.29, 0.717) is 0 Å². The van der Waals surface area contributed by atoms with Crippen LogP contribution in [0.5, 0.6) is 0 Å². The Hall–Kier alpha value is -2.40. The van der Waals surface area contributed by atoms with Crippen LogP contribution in [0.1, 0.15) is 17.5 Å². The summed E-state index contributed by atoms with van der Waals surface area (Å²) in [4.78, 5) is 0. The number of rotatable bonds is 4. The fourth-order valence-corrected chi connectivity index (χ4v) is 2.10. The van der Waals surface area contributed by atoms with E-state index < -0.39 is 0 Å². The first-order valence-electron chi connectivity index (χ1n) is 6.07. The van der Waals surface area contributed by atoms with Crippen molar-refractivity contribution < 1.29 is 4.42 Å². The molecule has 5 heteroatoms. The molecule has 0 amide bonds. The third kappa shape index (κ3) is 2.15. The van der Waals surface area contributed by atoms with E-state index in [1.165, 1.54) is 0 Å². The van der Waals surface area contributed by atoms with Gasteiger partial charge in [0.05, 0.1) is 23.8 Å². The largest absolute Gasteiger partial charge is 0.467 e. The van der Waals surface area contributed by atoms with Gasteiger partial charge in [-0.1, -0.05) is 23.4 Å². The van der Waals surface area contributed by atoms with Crippen molar-refractivity contribution in [3.8, 4) is 5.69 Å². The van der Waals surface area contributed by atoms with E-state index in [9.17, 15) is 0 Å². The van der Waals surface area contributed by atoms with Crippen LogP contribution in [0.15, 0.2) is 59.3 Å². The molecule has 2 heterocycles. The third-order valence-electron chi connectivity index (χ3n) is 2.99. The molecule has 96 valence electrons. The average Bonchev–Trinajstić information content (AvgIpc) is 3.12. The lowest BCUT2D eigenvalue weighted by Crippen LogP contribution is -2.20. The Bertz CT molecular complexity index is 631. The van der Waals surface area contributed by atoms with Gasteiger partial charge in [0.2, 0.25) is 0 Å². The van der Waals surface area contributed by atoms with Gasteiger partial charge in [-0.2, -0.15) is 0 Å². The van der Waals surface area contributed by atoms with Crippen molar-refractivity contribution in [2.24, 2.45) is 0 Å². The number of nitrogens with zero attached hydrogens (tertiary/aromatic N) is 3.